The molecule has 4 nitrogen and oxygen atoms in total. The molecule has 0 radical (unpaired) electrons. The van der Waals surface area contributed by atoms with Crippen molar-refractivity contribution in [1.29, 1.82) is 0 Å². The summed E-state index contributed by atoms with van der Waals surface area (Å²) in [6.45, 7) is 11.1. The minimum atomic E-state index is -0.325. The van der Waals surface area contributed by atoms with Crippen LogP contribution >= 0.6 is 31.9 Å². The predicted octanol–water partition coefficient (Wildman–Crippen LogP) is 8.17. The zero-order valence-corrected chi connectivity index (χ0v) is 25.1. The molecule has 1 aliphatic heterocycles. The molecular formula is C29H40Br2O4. The molecule has 1 unspecified atom stereocenters. The van der Waals surface area contributed by atoms with Gasteiger partial charge in [-0.3, -0.25) is 0 Å². The van der Waals surface area contributed by atoms with E-state index in [4.69, 9.17) is 14.2 Å². The van der Waals surface area contributed by atoms with Crippen molar-refractivity contribution in [2.75, 3.05) is 13.9 Å². The summed E-state index contributed by atoms with van der Waals surface area (Å²) in [5.41, 5.74) is 4.40. The number of benzene rings is 1. The average molecular weight is 612 g/mol. The van der Waals surface area contributed by atoms with E-state index in [-0.39, 0.29) is 28.6 Å². The van der Waals surface area contributed by atoms with Gasteiger partial charge in [0.2, 0.25) is 0 Å². The van der Waals surface area contributed by atoms with Crippen molar-refractivity contribution in [2.45, 2.75) is 88.4 Å². The Kier molecular flexibility index (Phi) is 9.72. The Bertz CT molecular complexity index is 962. The summed E-state index contributed by atoms with van der Waals surface area (Å²) >= 11 is 7.78. The third kappa shape index (κ3) is 7.01. The van der Waals surface area contributed by atoms with Gasteiger partial charge in [-0.25, -0.2) is 4.79 Å². The van der Waals surface area contributed by atoms with Crippen LogP contribution in [0.1, 0.15) is 82.6 Å². The zero-order chi connectivity index (χ0) is 25.8. The van der Waals surface area contributed by atoms with Crippen LogP contribution in [0.4, 0.5) is 0 Å². The maximum Gasteiger partial charge on any atom is 0.338 e. The molecule has 0 saturated carbocycles. The van der Waals surface area contributed by atoms with Crippen LogP contribution in [0.15, 0.2) is 41.5 Å². The van der Waals surface area contributed by atoms with E-state index in [0.717, 1.165) is 49.8 Å². The van der Waals surface area contributed by atoms with E-state index in [0.29, 0.717) is 16.3 Å². The van der Waals surface area contributed by atoms with Crippen LogP contribution in [-0.2, 0) is 15.9 Å². The fraction of sp³-hybridized carbons (Fsp3) is 0.621. The molecule has 0 saturated heterocycles. The lowest BCUT2D eigenvalue weighted by Crippen LogP contribution is -2.40. The number of fused-ring (bicyclic) bond motifs is 3. The van der Waals surface area contributed by atoms with Crippen molar-refractivity contribution >= 4 is 37.8 Å². The highest BCUT2D eigenvalue weighted by Crippen LogP contribution is 2.50. The third-order valence-corrected chi connectivity index (χ3v) is 9.68. The Morgan fingerprint density at radius 2 is 1.97 bits per heavy atom. The number of ether oxygens (including phenoxy) is 3. The van der Waals surface area contributed by atoms with Gasteiger partial charge in [0.1, 0.15) is 11.9 Å². The van der Waals surface area contributed by atoms with E-state index < -0.39 is 0 Å². The first-order chi connectivity index (χ1) is 16.5. The minimum absolute atomic E-state index is 0.0746. The van der Waals surface area contributed by atoms with Gasteiger partial charge in [-0.1, -0.05) is 62.1 Å². The molecule has 194 valence electrons. The molecule has 2 aliphatic rings. The lowest BCUT2D eigenvalue weighted by Gasteiger charge is -2.45. The maximum absolute atomic E-state index is 13.3. The number of halogens is 2. The Morgan fingerprint density at radius 1 is 1.23 bits per heavy atom. The van der Waals surface area contributed by atoms with Crippen LogP contribution in [0.25, 0.3) is 0 Å². The summed E-state index contributed by atoms with van der Waals surface area (Å²) in [6.07, 6.45) is 10.1. The van der Waals surface area contributed by atoms with Crippen molar-refractivity contribution < 1.29 is 19.0 Å². The quantitative estimate of drug-likeness (QED) is 0.149. The predicted molar refractivity (Wildman–Crippen MR) is 150 cm³/mol. The molecule has 0 aromatic heterocycles. The van der Waals surface area contributed by atoms with Crippen LogP contribution in [0.5, 0.6) is 5.75 Å². The summed E-state index contributed by atoms with van der Waals surface area (Å²) in [4.78, 5) is 13.7. The molecule has 0 fully saturated rings. The maximum atomic E-state index is 13.3. The summed E-state index contributed by atoms with van der Waals surface area (Å²) in [5, 5.41) is 0. The number of rotatable bonds is 4. The van der Waals surface area contributed by atoms with Crippen LogP contribution in [0.3, 0.4) is 0 Å². The second-order valence-electron chi connectivity index (χ2n) is 10.9. The van der Waals surface area contributed by atoms with E-state index in [1.807, 2.05) is 12.1 Å². The second-order valence-corrected chi connectivity index (χ2v) is 14.0. The molecule has 4 atom stereocenters. The monoisotopic (exact) mass is 610 g/mol. The van der Waals surface area contributed by atoms with Crippen LogP contribution in [-0.4, -0.2) is 35.1 Å². The standard InChI is InChI=1S/C29H40Br2O4/c1-19-8-7-15-29(5)23(20(2)10-13-25(29)30)17-22-16-21(11-12-24(22)34-18-33-6)27(32)35-26(14-9-19)28(3,4)31/h8,10-12,16,23,25-26H,7,9,13-15,17-18H2,1-6H3/b19-8+/t23?,25-,26-,29-/m0/s1. The molecule has 1 aliphatic carbocycles. The van der Waals surface area contributed by atoms with Gasteiger partial charge in [-0.2, -0.15) is 0 Å². The molecule has 3 rings (SSSR count). The van der Waals surface area contributed by atoms with E-state index >= 15 is 0 Å². The first-order valence-corrected chi connectivity index (χ1v) is 14.3. The van der Waals surface area contributed by atoms with Crippen LogP contribution in [0.2, 0.25) is 0 Å². The highest BCUT2D eigenvalue weighted by Gasteiger charge is 2.43. The van der Waals surface area contributed by atoms with Gasteiger partial charge < -0.3 is 14.2 Å². The van der Waals surface area contributed by atoms with Crippen molar-refractivity contribution in [3.63, 3.8) is 0 Å². The van der Waals surface area contributed by atoms with E-state index in [1.54, 1.807) is 13.2 Å². The molecule has 1 aromatic carbocycles. The largest absolute Gasteiger partial charge is 0.467 e. The van der Waals surface area contributed by atoms with Gasteiger partial charge in [0.15, 0.2) is 6.79 Å². The Labute approximate surface area is 228 Å². The number of hydrogen-bond donors (Lipinski definition) is 0. The Balaban J connectivity index is 2.08. The molecule has 2 bridgehead atoms. The zero-order valence-electron chi connectivity index (χ0n) is 22.0. The Morgan fingerprint density at radius 3 is 2.66 bits per heavy atom. The van der Waals surface area contributed by atoms with E-state index in [2.05, 4.69) is 78.6 Å². The van der Waals surface area contributed by atoms with Crippen molar-refractivity contribution in [3.05, 3.63) is 52.6 Å². The smallest absolute Gasteiger partial charge is 0.338 e. The number of methoxy groups -OCH3 is 1. The lowest BCUT2D eigenvalue weighted by molar-refractivity contribution is 0.0214. The topological polar surface area (TPSA) is 44.8 Å². The summed E-state index contributed by atoms with van der Waals surface area (Å²) in [7, 11) is 1.62. The second kappa shape index (κ2) is 12.0. The average Bonchev–Trinajstić information content (AvgIpc) is 2.80. The molecule has 0 amide bonds. The molecule has 1 heterocycles. The minimum Gasteiger partial charge on any atom is -0.467 e. The summed E-state index contributed by atoms with van der Waals surface area (Å²) < 4.78 is 16.9. The van der Waals surface area contributed by atoms with Crippen LogP contribution < -0.4 is 4.74 Å². The first-order valence-electron chi connectivity index (χ1n) is 12.6. The Hall–Kier alpha value is -1.11. The number of carbonyl (C=O) groups excluding carboxylic acids is 1. The number of esters is 1. The van der Waals surface area contributed by atoms with Crippen molar-refractivity contribution in [1.82, 2.24) is 0 Å². The summed E-state index contributed by atoms with van der Waals surface area (Å²) in [6, 6.07) is 5.64. The molecule has 1 aromatic rings. The number of hydrogen-bond acceptors (Lipinski definition) is 4. The van der Waals surface area contributed by atoms with Crippen LogP contribution in [0, 0.1) is 11.3 Å². The fourth-order valence-electron chi connectivity index (χ4n) is 5.34. The molecule has 35 heavy (non-hydrogen) atoms. The molecule has 0 N–H and O–H groups in total. The molecular weight excluding hydrogens is 572 g/mol. The van der Waals surface area contributed by atoms with Crippen molar-refractivity contribution in [2.24, 2.45) is 11.3 Å². The van der Waals surface area contributed by atoms with Gasteiger partial charge in [0, 0.05) is 11.9 Å². The van der Waals surface area contributed by atoms with Gasteiger partial charge in [0.05, 0.1) is 9.89 Å². The van der Waals surface area contributed by atoms with E-state index in [9.17, 15) is 4.79 Å². The molecule has 6 heteroatoms. The van der Waals surface area contributed by atoms with Gasteiger partial charge in [-0.05, 0) is 101 Å². The normalized spacial score (nSPS) is 30.1. The van der Waals surface area contributed by atoms with Crippen molar-refractivity contribution in [3.8, 4) is 5.75 Å². The first kappa shape index (κ1) is 28.5. The van der Waals surface area contributed by atoms with Gasteiger partial charge >= 0.3 is 5.97 Å². The highest BCUT2D eigenvalue weighted by molar-refractivity contribution is 9.10. The third-order valence-electron chi connectivity index (χ3n) is 7.75. The molecule has 0 spiro atoms. The van der Waals surface area contributed by atoms with Gasteiger partial charge in [0.25, 0.3) is 0 Å². The number of cyclic esters (lactones) is 1. The van der Waals surface area contributed by atoms with E-state index in [1.165, 1.54) is 11.1 Å². The highest BCUT2D eigenvalue weighted by atomic mass is 79.9. The fourth-order valence-corrected chi connectivity index (χ4v) is 6.40. The number of carbonyl (C=O) groups is 1. The lowest BCUT2D eigenvalue weighted by atomic mass is 9.63. The number of alkyl halides is 2. The number of allylic oxidation sites excluding steroid dienone is 4. The SMILES string of the molecule is COCOc1ccc2cc1CC1C(C)=CC[C@H](Br)[C@@]1(C)CC/C=C(\C)CC[C@@H](C(C)(C)Br)OC2=O. The van der Waals surface area contributed by atoms with Gasteiger partial charge in [-0.15, -0.1) is 0 Å². The summed E-state index contributed by atoms with van der Waals surface area (Å²) in [5.74, 6) is 0.785.